The minimum Gasteiger partial charge on any atom is -0.456 e. The summed E-state index contributed by atoms with van der Waals surface area (Å²) in [6.07, 6.45) is 0. The zero-order valence-corrected chi connectivity index (χ0v) is 34.1. The van der Waals surface area contributed by atoms with Gasteiger partial charge in [-0.05, 0) is 72.3 Å². The Kier molecular flexibility index (Phi) is 7.27. The van der Waals surface area contributed by atoms with Crippen LogP contribution in [0.4, 0.5) is 0 Å². The third-order valence-electron chi connectivity index (χ3n) is 12.8. The molecule has 14 rings (SSSR count). The molecule has 0 unspecified atom stereocenters. The highest BCUT2D eigenvalue weighted by Gasteiger charge is 2.22. The molecule has 0 atom stereocenters. The molecule has 0 saturated carbocycles. The maximum absolute atomic E-state index is 6.79. The molecule has 14 aromatic rings. The summed E-state index contributed by atoms with van der Waals surface area (Å²) >= 11 is 0. The van der Waals surface area contributed by atoms with Gasteiger partial charge in [0.25, 0.3) is 0 Å². The van der Waals surface area contributed by atoms with E-state index in [1.807, 2.05) is 30.3 Å². The van der Waals surface area contributed by atoms with Gasteiger partial charge in [-0.25, -0.2) is 4.98 Å². The molecule has 0 saturated heterocycles. The lowest BCUT2D eigenvalue weighted by atomic mass is 10.0. The van der Waals surface area contributed by atoms with Crippen LogP contribution in [0.15, 0.2) is 209 Å². The van der Waals surface area contributed by atoms with Crippen LogP contribution in [0.25, 0.3) is 133 Å². The topological polar surface area (TPSA) is 74.8 Å². The molecular formula is C57H33N5O2. The molecule has 0 amide bonds. The molecule has 0 aliphatic heterocycles. The van der Waals surface area contributed by atoms with Crippen LogP contribution in [0, 0.1) is 0 Å². The molecule has 7 nitrogen and oxygen atoms in total. The van der Waals surface area contributed by atoms with Gasteiger partial charge in [0, 0.05) is 59.9 Å². The van der Waals surface area contributed by atoms with E-state index in [0.717, 1.165) is 99.1 Å². The number of furan rings is 2. The van der Waals surface area contributed by atoms with Crippen LogP contribution in [-0.2, 0) is 0 Å². The van der Waals surface area contributed by atoms with Crippen molar-refractivity contribution in [3.05, 3.63) is 200 Å². The lowest BCUT2D eigenvalue weighted by Gasteiger charge is -2.11. The highest BCUT2D eigenvalue weighted by molar-refractivity contribution is 6.15. The number of hydrogen-bond acceptors (Lipinski definition) is 5. The molecule has 5 heterocycles. The first-order valence-electron chi connectivity index (χ1n) is 21.4. The Balaban J connectivity index is 0.960. The number of aromatic nitrogens is 5. The molecule has 298 valence electrons. The summed E-state index contributed by atoms with van der Waals surface area (Å²) in [4.78, 5) is 15.7. The van der Waals surface area contributed by atoms with E-state index in [2.05, 4.69) is 179 Å². The van der Waals surface area contributed by atoms with Crippen LogP contribution in [-0.4, -0.2) is 24.1 Å². The molecule has 7 heteroatoms. The van der Waals surface area contributed by atoms with Crippen LogP contribution in [0.2, 0.25) is 0 Å². The van der Waals surface area contributed by atoms with Crippen LogP contribution in [0.1, 0.15) is 0 Å². The van der Waals surface area contributed by atoms with E-state index in [9.17, 15) is 0 Å². The van der Waals surface area contributed by atoms with E-state index >= 15 is 0 Å². The molecule has 0 radical (unpaired) electrons. The molecule has 0 aliphatic carbocycles. The minimum atomic E-state index is 0.516. The van der Waals surface area contributed by atoms with Crippen LogP contribution < -0.4 is 0 Å². The minimum absolute atomic E-state index is 0.516. The number of nitrogens with zero attached hydrogens (tertiary/aromatic N) is 5. The van der Waals surface area contributed by atoms with Gasteiger partial charge >= 0.3 is 0 Å². The first kappa shape index (κ1) is 34.9. The average molecular weight is 820 g/mol. The smallest absolute Gasteiger partial charge is 0.238 e. The maximum atomic E-state index is 6.79. The molecular weight excluding hydrogens is 787 g/mol. The van der Waals surface area contributed by atoms with Crippen LogP contribution in [0.5, 0.6) is 0 Å². The summed E-state index contributed by atoms with van der Waals surface area (Å²) in [5.74, 6) is 1.56. The van der Waals surface area contributed by atoms with Crippen molar-refractivity contribution >= 4 is 87.5 Å². The van der Waals surface area contributed by atoms with Gasteiger partial charge in [0.2, 0.25) is 5.95 Å². The largest absolute Gasteiger partial charge is 0.456 e. The summed E-state index contributed by atoms with van der Waals surface area (Å²) in [5, 5.41) is 8.80. The Labute approximate surface area is 364 Å². The second kappa shape index (κ2) is 13.3. The van der Waals surface area contributed by atoms with Crippen molar-refractivity contribution in [2.75, 3.05) is 0 Å². The Bertz CT molecular complexity index is 4160. The van der Waals surface area contributed by atoms with Crippen molar-refractivity contribution < 1.29 is 8.83 Å². The van der Waals surface area contributed by atoms with E-state index in [1.165, 1.54) is 16.3 Å². The normalized spacial score (nSPS) is 12.1. The summed E-state index contributed by atoms with van der Waals surface area (Å²) in [5.41, 5.74) is 12.4. The second-order valence-corrected chi connectivity index (χ2v) is 16.3. The van der Waals surface area contributed by atoms with Gasteiger partial charge in [0.15, 0.2) is 11.6 Å². The monoisotopic (exact) mass is 819 g/mol. The average Bonchev–Trinajstić information content (AvgIpc) is 4.11. The van der Waals surface area contributed by atoms with Crippen molar-refractivity contribution in [1.29, 1.82) is 0 Å². The SMILES string of the molecule is c1ccc(-n2c3ccccc3c3cccc(-c4ccc5c(c4)oc4cc(-c6nc(-c7cccc8c7oc7ccccc78)nc(-n7c8ccccc8c8ccccc87)n6)ccc45)c32)cc1. The summed E-state index contributed by atoms with van der Waals surface area (Å²) in [6, 6.07) is 69.7. The van der Waals surface area contributed by atoms with Crippen molar-refractivity contribution in [3.8, 4) is 45.5 Å². The zero-order valence-electron chi connectivity index (χ0n) is 34.1. The van der Waals surface area contributed by atoms with E-state index in [-0.39, 0.29) is 0 Å². The van der Waals surface area contributed by atoms with E-state index in [4.69, 9.17) is 23.8 Å². The maximum Gasteiger partial charge on any atom is 0.238 e. The number of hydrogen-bond donors (Lipinski definition) is 0. The fourth-order valence-electron chi connectivity index (χ4n) is 9.96. The third kappa shape index (κ3) is 5.06. The van der Waals surface area contributed by atoms with Gasteiger partial charge in [-0.2, -0.15) is 9.97 Å². The number of rotatable bonds is 5. The summed E-state index contributed by atoms with van der Waals surface area (Å²) in [6.45, 7) is 0. The van der Waals surface area contributed by atoms with Gasteiger partial charge in [-0.15, -0.1) is 0 Å². The van der Waals surface area contributed by atoms with Gasteiger partial charge in [0.05, 0.1) is 27.6 Å². The summed E-state index contributed by atoms with van der Waals surface area (Å²) < 4.78 is 17.8. The molecule has 0 aliphatic rings. The Morgan fingerprint density at radius 3 is 1.59 bits per heavy atom. The van der Waals surface area contributed by atoms with Crippen molar-refractivity contribution in [2.24, 2.45) is 0 Å². The quantitative estimate of drug-likeness (QED) is 0.173. The third-order valence-corrected chi connectivity index (χ3v) is 12.8. The Hall–Kier alpha value is -8.81. The molecule has 9 aromatic carbocycles. The van der Waals surface area contributed by atoms with E-state index in [1.54, 1.807) is 0 Å². The molecule has 0 spiro atoms. The molecule has 0 fully saturated rings. The molecule has 64 heavy (non-hydrogen) atoms. The summed E-state index contributed by atoms with van der Waals surface area (Å²) in [7, 11) is 0. The number of benzene rings is 9. The fraction of sp³-hybridized carbons (Fsp3) is 0. The van der Waals surface area contributed by atoms with Crippen LogP contribution >= 0.6 is 0 Å². The lowest BCUT2D eigenvalue weighted by molar-refractivity contribution is 0.668. The fourth-order valence-corrected chi connectivity index (χ4v) is 9.96. The number of para-hydroxylation sites is 7. The highest BCUT2D eigenvalue weighted by atomic mass is 16.3. The first-order valence-corrected chi connectivity index (χ1v) is 21.4. The van der Waals surface area contributed by atoms with Crippen molar-refractivity contribution in [1.82, 2.24) is 24.1 Å². The molecule has 0 bridgehead atoms. The van der Waals surface area contributed by atoms with Crippen LogP contribution in [0.3, 0.4) is 0 Å². The van der Waals surface area contributed by atoms with Gasteiger partial charge < -0.3 is 13.4 Å². The standard InChI is InChI=1S/C57H33N5O2/c1-2-14-36(15-3-1)61-47-24-8-6-18-40(47)44-21-12-20-37(53(44)61)34-28-30-42-43-31-29-35(33-52(43)63-51(42)32-34)55-58-56(46-23-13-22-45-41-19-7-11-27-50(41)64-54(45)46)60-57(59-55)62-48-25-9-4-16-38(48)39-17-5-10-26-49(39)62/h1-33H. The zero-order chi connectivity index (χ0) is 41.9. The second-order valence-electron chi connectivity index (χ2n) is 16.3. The number of fused-ring (bicyclic) bond motifs is 12. The lowest BCUT2D eigenvalue weighted by Crippen LogP contribution is -2.06. The van der Waals surface area contributed by atoms with Crippen molar-refractivity contribution in [2.45, 2.75) is 0 Å². The Morgan fingerprint density at radius 1 is 0.328 bits per heavy atom. The molecule has 5 aromatic heterocycles. The Morgan fingerprint density at radius 2 is 0.859 bits per heavy atom. The van der Waals surface area contributed by atoms with Gasteiger partial charge in [0.1, 0.15) is 22.3 Å². The van der Waals surface area contributed by atoms with E-state index in [0.29, 0.717) is 17.6 Å². The highest BCUT2D eigenvalue weighted by Crippen LogP contribution is 2.41. The van der Waals surface area contributed by atoms with Crippen molar-refractivity contribution in [3.63, 3.8) is 0 Å². The van der Waals surface area contributed by atoms with E-state index < -0.39 is 0 Å². The molecule has 0 N–H and O–H groups in total. The van der Waals surface area contributed by atoms with Gasteiger partial charge in [-0.3, -0.25) is 4.57 Å². The first-order chi connectivity index (χ1) is 31.7. The predicted molar refractivity (Wildman–Crippen MR) is 259 cm³/mol. The van der Waals surface area contributed by atoms with Gasteiger partial charge in [-0.1, -0.05) is 133 Å². The predicted octanol–water partition coefficient (Wildman–Crippen LogP) is 14.9.